The molecular weight excluding hydrogens is 324 g/mol. The smallest absolute Gasteiger partial charge is 0.0778 e. The molecule has 6 nitrogen and oxygen atoms in total. The summed E-state index contributed by atoms with van der Waals surface area (Å²) in [7, 11) is 0. The van der Waals surface area contributed by atoms with Crippen LogP contribution in [0.15, 0.2) is 17.4 Å². The first-order chi connectivity index (χ1) is 12.7. The van der Waals surface area contributed by atoms with E-state index < -0.39 is 0 Å². The summed E-state index contributed by atoms with van der Waals surface area (Å²) < 4.78 is 0. The second-order valence-electron chi connectivity index (χ2n) is 7.44. The maximum Gasteiger partial charge on any atom is 0.0778 e. The molecule has 0 amide bonds. The van der Waals surface area contributed by atoms with Crippen LogP contribution in [0.2, 0.25) is 0 Å². The van der Waals surface area contributed by atoms with Gasteiger partial charge in [-0.25, -0.2) is 4.98 Å². The Morgan fingerprint density at radius 3 is 2.92 bits per heavy atom. The Hall–Kier alpha value is -2.94. The molecule has 0 aromatic carbocycles. The topological polar surface area (TPSA) is 89.8 Å². The third-order valence-corrected chi connectivity index (χ3v) is 5.92. The van der Waals surface area contributed by atoms with Crippen molar-refractivity contribution in [2.45, 2.75) is 45.1 Å². The number of aromatic nitrogens is 3. The van der Waals surface area contributed by atoms with Crippen LogP contribution in [-0.4, -0.2) is 26.9 Å². The molecule has 2 N–H and O–H groups in total. The van der Waals surface area contributed by atoms with Crippen molar-refractivity contribution in [1.82, 2.24) is 20.6 Å². The first-order valence-electron chi connectivity index (χ1n) is 9.11. The maximum atomic E-state index is 9.49. The van der Waals surface area contributed by atoms with Crippen molar-refractivity contribution < 1.29 is 0 Å². The molecule has 0 saturated carbocycles. The average molecular weight is 344 g/mol. The quantitative estimate of drug-likeness (QED) is 0.832. The van der Waals surface area contributed by atoms with Gasteiger partial charge in [0.25, 0.3) is 0 Å². The van der Waals surface area contributed by atoms with E-state index in [1.165, 1.54) is 16.7 Å². The molecule has 26 heavy (non-hydrogen) atoms. The number of hydrogen-bond donors (Lipinski definition) is 2. The molecular formula is C20H20N6. The molecule has 2 aliphatic carbocycles. The van der Waals surface area contributed by atoms with Gasteiger partial charge in [-0.05, 0) is 55.9 Å². The van der Waals surface area contributed by atoms with Crippen LogP contribution < -0.4 is 5.43 Å². The minimum atomic E-state index is 0.0553. The second kappa shape index (κ2) is 5.53. The van der Waals surface area contributed by atoms with Gasteiger partial charge in [0.05, 0.1) is 41.5 Å². The zero-order valence-electron chi connectivity index (χ0n) is 14.9. The fourth-order valence-electron chi connectivity index (χ4n) is 4.59. The Kier molecular flexibility index (Phi) is 3.26. The maximum absolute atomic E-state index is 9.49. The Morgan fingerprint density at radius 1 is 1.27 bits per heavy atom. The van der Waals surface area contributed by atoms with Gasteiger partial charge in [-0.3, -0.25) is 5.10 Å². The number of hydrazone groups is 1. The Morgan fingerprint density at radius 2 is 2.15 bits per heavy atom. The van der Waals surface area contributed by atoms with Gasteiger partial charge < -0.3 is 5.43 Å². The van der Waals surface area contributed by atoms with Crippen LogP contribution in [0.3, 0.4) is 0 Å². The number of aryl methyl sites for hydroxylation is 1. The highest BCUT2D eigenvalue weighted by atomic mass is 15.3. The highest BCUT2D eigenvalue weighted by Crippen LogP contribution is 2.43. The summed E-state index contributed by atoms with van der Waals surface area (Å²) in [6.45, 7) is 4.10. The minimum Gasteiger partial charge on any atom is -0.302 e. The molecule has 0 bridgehead atoms. The molecule has 0 radical (unpaired) electrons. The summed E-state index contributed by atoms with van der Waals surface area (Å²) in [5, 5.41) is 21.2. The van der Waals surface area contributed by atoms with Gasteiger partial charge in [-0.2, -0.15) is 15.5 Å². The number of aromatic amines is 1. The molecule has 5 rings (SSSR count). The Labute approximate surface area is 152 Å². The number of nitriles is 1. The normalized spacial score (nSPS) is 25.6. The molecule has 0 fully saturated rings. The lowest BCUT2D eigenvalue weighted by atomic mass is 9.74. The van der Waals surface area contributed by atoms with Crippen LogP contribution in [0.4, 0.5) is 0 Å². The molecule has 3 heterocycles. The Balaban J connectivity index is 1.78. The van der Waals surface area contributed by atoms with E-state index in [4.69, 9.17) is 4.98 Å². The molecule has 1 aliphatic heterocycles. The molecule has 2 aromatic heterocycles. The number of H-pyrrole nitrogens is 1. The SMILES string of the molecule is CC1=NNC2C=Cc3nc(-c4cn[nH]c4C)c4c(c3C12)CCC(C#N)C4. The molecule has 3 unspecified atom stereocenters. The summed E-state index contributed by atoms with van der Waals surface area (Å²) in [4.78, 5) is 5.05. The van der Waals surface area contributed by atoms with Crippen LogP contribution in [0.1, 0.15) is 47.3 Å². The minimum absolute atomic E-state index is 0.0553. The van der Waals surface area contributed by atoms with Gasteiger partial charge in [-0.1, -0.05) is 6.08 Å². The molecule has 3 atom stereocenters. The van der Waals surface area contributed by atoms with E-state index in [2.05, 4.69) is 45.9 Å². The van der Waals surface area contributed by atoms with Crippen molar-refractivity contribution in [2.24, 2.45) is 11.0 Å². The largest absolute Gasteiger partial charge is 0.302 e. The zero-order valence-corrected chi connectivity index (χ0v) is 14.9. The van der Waals surface area contributed by atoms with Crippen LogP contribution in [0, 0.1) is 24.2 Å². The van der Waals surface area contributed by atoms with Crippen molar-refractivity contribution in [1.29, 1.82) is 5.26 Å². The average Bonchev–Trinajstić information content (AvgIpc) is 3.26. The Bertz CT molecular complexity index is 1010. The fourth-order valence-corrected chi connectivity index (χ4v) is 4.59. The lowest BCUT2D eigenvalue weighted by Gasteiger charge is -2.31. The highest BCUT2D eigenvalue weighted by Gasteiger charge is 2.38. The van der Waals surface area contributed by atoms with Crippen molar-refractivity contribution >= 4 is 11.8 Å². The van der Waals surface area contributed by atoms with Crippen molar-refractivity contribution in [3.8, 4) is 17.3 Å². The lowest BCUT2D eigenvalue weighted by molar-refractivity contribution is 0.552. The van der Waals surface area contributed by atoms with Crippen LogP contribution in [0.25, 0.3) is 17.3 Å². The third-order valence-electron chi connectivity index (χ3n) is 5.92. The van der Waals surface area contributed by atoms with E-state index in [1.54, 1.807) is 0 Å². The van der Waals surface area contributed by atoms with E-state index in [9.17, 15) is 5.26 Å². The van der Waals surface area contributed by atoms with Crippen molar-refractivity contribution in [3.05, 3.63) is 40.4 Å². The first-order valence-corrected chi connectivity index (χ1v) is 9.11. The molecule has 0 saturated heterocycles. The fraction of sp³-hybridized carbons (Fsp3) is 0.400. The zero-order chi connectivity index (χ0) is 17.8. The van der Waals surface area contributed by atoms with E-state index in [0.717, 1.165) is 47.6 Å². The highest BCUT2D eigenvalue weighted by molar-refractivity contribution is 5.94. The predicted octanol–water partition coefficient (Wildman–Crippen LogP) is 2.87. The van der Waals surface area contributed by atoms with Gasteiger partial charge in [0, 0.05) is 17.0 Å². The monoisotopic (exact) mass is 344 g/mol. The molecule has 130 valence electrons. The number of nitrogens with zero attached hydrogens (tertiary/aromatic N) is 4. The standard InChI is InChI=1S/C20H20N6/c1-10-15(9-22-24-10)20-14-7-12(8-21)3-4-13(14)19-16(23-20)5-6-17-18(19)11(2)25-26-17/h5-6,9,12,17-18,26H,3-4,7H2,1-2H3,(H,22,24). The molecule has 6 heteroatoms. The summed E-state index contributed by atoms with van der Waals surface area (Å²) >= 11 is 0. The molecule has 2 aromatic rings. The van der Waals surface area contributed by atoms with Crippen molar-refractivity contribution in [3.63, 3.8) is 0 Å². The van der Waals surface area contributed by atoms with E-state index >= 15 is 0 Å². The second-order valence-corrected chi connectivity index (χ2v) is 7.44. The van der Waals surface area contributed by atoms with Crippen LogP contribution >= 0.6 is 0 Å². The summed E-state index contributed by atoms with van der Waals surface area (Å²) in [6.07, 6.45) is 8.73. The van der Waals surface area contributed by atoms with E-state index in [1.807, 2.05) is 13.1 Å². The summed E-state index contributed by atoms with van der Waals surface area (Å²) in [6, 6.07) is 2.68. The van der Waals surface area contributed by atoms with Gasteiger partial charge >= 0.3 is 0 Å². The van der Waals surface area contributed by atoms with Gasteiger partial charge in [-0.15, -0.1) is 0 Å². The third kappa shape index (κ3) is 2.07. The van der Waals surface area contributed by atoms with Gasteiger partial charge in [0.1, 0.15) is 0 Å². The number of fused-ring (bicyclic) bond motifs is 5. The van der Waals surface area contributed by atoms with E-state index in [0.29, 0.717) is 0 Å². The number of hydrogen-bond acceptors (Lipinski definition) is 5. The number of pyridine rings is 1. The number of nitrogens with one attached hydrogen (secondary N) is 2. The predicted molar refractivity (Wildman–Crippen MR) is 99.5 cm³/mol. The van der Waals surface area contributed by atoms with Crippen molar-refractivity contribution in [2.75, 3.05) is 0 Å². The van der Waals surface area contributed by atoms with Gasteiger partial charge in [0.2, 0.25) is 0 Å². The summed E-state index contributed by atoms with van der Waals surface area (Å²) in [5.74, 6) is 0.300. The van der Waals surface area contributed by atoms with Crippen LogP contribution in [0.5, 0.6) is 0 Å². The van der Waals surface area contributed by atoms with Crippen LogP contribution in [-0.2, 0) is 12.8 Å². The number of rotatable bonds is 1. The lowest BCUT2D eigenvalue weighted by Crippen LogP contribution is -2.31. The first kappa shape index (κ1) is 15.3. The van der Waals surface area contributed by atoms with Gasteiger partial charge in [0.15, 0.2) is 0 Å². The molecule has 3 aliphatic rings. The molecule has 0 spiro atoms. The van der Waals surface area contributed by atoms with E-state index in [-0.39, 0.29) is 17.9 Å². The summed E-state index contributed by atoms with van der Waals surface area (Å²) in [5.41, 5.74) is 12.3.